The number of halogens is 2. The molecule has 136 valence electrons. The fraction of sp³-hybridized carbons (Fsp3) is 0.588. The van der Waals surface area contributed by atoms with Crippen molar-refractivity contribution >= 4 is 17.4 Å². The predicted octanol–water partition coefficient (Wildman–Crippen LogP) is 2.33. The van der Waals surface area contributed by atoms with Crippen LogP contribution in [0.15, 0.2) is 12.1 Å². The summed E-state index contributed by atoms with van der Waals surface area (Å²) in [5.41, 5.74) is 2.70. The Morgan fingerprint density at radius 3 is 2.68 bits per heavy atom. The van der Waals surface area contributed by atoms with E-state index in [1.54, 1.807) is 0 Å². The van der Waals surface area contributed by atoms with Gasteiger partial charge in [-0.15, -0.1) is 0 Å². The third-order valence-corrected chi connectivity index (χ3v) is 4.52. The second-order valence-electron chi connectivity index (χ2n) is 6.64. The van der Waals surface area contributed by atoms with E-state index < -0.39 is 13.0 Å². The Morgan fingerprint density at radius 2 is 2.00 bits per heavy atom. The molecule has 3 heterocycles. The molecule has 1 aliphatic heterocycles. The highest BCUT2D eigenvalue weighted by molar-refractivity contribution is 5.76. The molecule has 0 aromatic carbocycles. The molecule has 1 aliphatic rings. The van der Waals surface area contributed by atoms with Gasteiger partial charge in [0.2, 0.25) is 5.91 Å². The highest BCUT2D eigenvalue weighted by Gasteiger charge is 2.24. The molecule has 3 rings (SSSR count). The van der Waals surface area contributed by atoms with E-state index in [-0.39, 0.29) is 11.8 Å². The molecule has 0 bridgehead atoms. The van der Waals surface area contributed by atoms with Crippen LogP contribution in [-0.2, 0) is 4.79 Å². The number of fused-ring (bicyclic) bond motifs is 1. The maximum absolute atomic E-state index is 12.1. The number of amides is 1. The van der Waals surface area contributed by atoms with E-state index in [0.29, 0.717) is 6.42 Å². The molecule has 0 radical (unpaired) electrons. The molecule has 2 aromatic rings. The maximum atomic E-state index is 12.1. The Bertz CT molecular complexity index is 753. The molecular weight excluding hydrogens is 328 g/mol. The number of aromatic nitrogens is 3. The quantitative estimate of drug-likeness (QED) is 0.898. The van der Waals surface area contributed by atoms with Gasteiger partial charge in [-0.3, -0.25) is 4.79 Å². The SMILES string of the molecule is Cc1cc(N2CCC(CC(=O)NCC(F)F)CC2)n2nc(C)cc2n1. The number of hydrogen-bond acceptors (Lipinski definition) is 4. The fourth-order valence-corrected chi connectivity index (χ4v) is 3.31. The lowest BCUT2D eigenvalue weighted by Gasteiger charge is -2.33. The Kier molecular flexibility index (Phi) is 5.15. The van der Waals surface area contributed by atoms with Crippen molar-refractivity contribution < 1.29 is 13.6 Å². The van der Waals surface area contributed by atoms with Gasteiger partial charge < -0.3 is 10.2 Å². The monoisotopic (exact) mass is 351 g/mol. The first-order valence-corrected chi connectivity index (χ1v) is 8.56. The molecule has 2 aromatic heterocycles. The van der Waals surface area contributed by atoms with Crippen molar-refractivity contribution in [3.63, 3.8) is 0 Å². The van der Waals surface area contributed by atoms with Gasteiger partial charge in [0, 0.05) is 37.3 Å². The molecule has 0 atom stereocenters. The van der Waals surface area contributed by atoms with Crippen LogP contribution in [0.3, 0.4) is 0 Å². The van der Waals surface area contributed by atoms with E-state index in [0.717, 1.165) is 48.8 Å². The van der Waals surface area contributed by atoms with Crippen LogP contribution in [0.1, 0.15) is 30.7 Å². The van der Waals surface area contributed by atoms with Crippen molar-refractivity contribution in [1.29, 1.82) is 0 Å². The minimum atomic E-state index is -2.50. The summed E-state index contributed by atoms with van der Waals surface area (Å²) in [7, 11) is 0. The molecule has 1 saturated heterocycles. The highest BCUT2D eigenvalue weighted by atomic mass is 19.3. The molecule has 0 aliphatic carbocycles. The summed E-state index contributed by atoms with van der Waals surface area (Å²) in [5, 5.41) is 6.80. The second kappa shape index (κ2) is 7.33. The molecule has 0 spiro atoms. The minimum absolute atomic E-state index is 0.228. The smallest absolute Gasteiger partial charge is 0.255 e. The second-order valence-corrected chi connectivity index (χ2v) is 6.64. The van der Waals surface area contributed by atoms with Crippen LogP contribution >= 0.6 is 0 Å². The molecule has 8 heteroatoms. The standard InChI is InChI=1S/C17H23F2N5O/c1-11-8-17(24-15(21-11)7-12(2)22-24)23-5-3-13(4-6-23)9-16(25)20-10-14(18)19/h7-8,13-14H,3-6,9-10H2,1-2H3,(H,20,25). The van der Waals surface area contributed by atoms with Crippen LogP contribution in [0, 0.1) is 19.8 Å². The van der Waals surface area contributed by atoms with E-state index in [9.17, 15) is 13.6 Å². The number of carbonyl (C=O) groups is 1. The van der Waals surface area contributed by atoms with Crippen molar-refractivity contribution in [2.75, 3.05) is 24.5 Å². The first kappa shape index (κ1) is 17.6. The van der Waals surface area contributed by atoms with Crippen molar-refractivity contribution in [2.45, 2.75) is 39.5 Å². The molecule has 0 saturated carbocycles. The van der Waals surface area contributed by atoms with Crippen LogP contribution in [0.2, 0.25) is 0 Å². The van der Waals surface area contributed by atoms with Crippen molar-refractivity contribution in [3.8, 4) is 0 Å². The summed E-state index contributed by atoms with van der Waals surface area (Å²) in [6, 6.07) is 3.98. The summed E-state index contributed by atoms with van der Waals surface area (Å²) < 4.78 is 26.1. The fourth-order valence-electron chi connectivity index (χ4n) is 3.31. The van der Waals surface area contributed by atoms with E-state index in [1.165, 1.54) is 0 Å². The summed E-state index contributed by atoms with van der Waals surface area (Å²) in [6.07, 6.45) is -0.483. The summed E-state index contributed by atoms with van der Waals surface area (Å²) in [4.78, 5) is 18.5. The average Bonchev–Trinajstić information content (AvgIpc) is 2.93. The summed E-state index contributed by atoms with van der Waals surface area (Å²) >= 11 is 0. The van der Waals surface area contributed by atoms with Gasteiger partial charge in [-0.25, -0.2) is 13.8 Å². The van der Waals surface area contributed by atoms with Crippen LogP contribution in [0.25, 0.3) is 5.65 Å². The first-order chi connectivity index (χ1) is 11.9. The first-order valence-electron chi connectivity index (χ1n) is 8.56. The number of nitrogens with one attached hydrogen (secondary N) is 1. The van der Waals surface area contributed by atoms with Crippen LogP contribution in [-0.4, -0.2) is 46.6 Å². The number of anilines is 1. The number of alkyl halides is 2. The van der Waals surface area contributed by atoms with Gasteiger partial charge in [-0.05, 0) is 32.6 Å². The lowest BCUT2D eigenvalue weighted by molar-refractivity contribution is -0.122. The number of rotatable bonds is 5. The van der Waals surface area contributed by atoms with Gasteiger partial charge >= 0.3 is 0 Å². The summed E-state index contributed by atoms with van der Waals surface area (Å²) in [5.74, 6) is 0.950. The maximum Gasteiger partial charge on any atom is 0.255 e. The van der Waals surface area contributed by atoms with Crippen LogP contribution < -0.4 is 10.2 Å². The number of carbonyl (C=O) groups excluding carboxylic acids is 1. The normalized spacial score (nSPS) is 16.0. The summed E-state index contributed by atoms with van der Waals surface area (Å²) in [6.45, 7) is 4.96. The molecular formula is C17H23F2N5O. The van der Waals surface area contributed by atoms with E-state index >= 15 is 0 Å². The molecule has 6 nitrogen and oxygen atoms in total. The van der Waals surface area contributed by atoms with Crippen molar-refractivity contribution in [3.05, 3.63) is 23.5 Å². The number of piperidine rings is 1. The van der Waals surface area contributed by atoms with E-state index in [2.05, 4.69) is 20.3 Å². The van der Waals surface area contributed by atoms with Crippen LogP contribution in [0.4, 0.5) is 14.6 Å². The molecule has 25 heavy (non-hydrogen) atoms. The number of nitrogens with zero attached hydrogens (tertiary/aromatic N) is 4. The minimum Gasteiger partial charge on any atom is -0.356 e. The Balaban J connectivity index is 1.62. The van der Waals surface area contributed by atoms with Crippen molar-refractivity contribution in [1.82, 2.24) is 19.9 Å². The Labute approximate surface area is 145 Å². The molecule has 1 fully saturated rings. The topological polar surface area (TPSA) is 62.5 Å². The Hall–Kier alpha value is -2.25. The lowest BCUT2D eigenvalue weighted by Crippen LogP contribution is -2.37. The molecule has 1 amide bonds. The average molecular weight is 351 g/mol. The van der Waals surface area contributed by atoms with Crippen LogP contribution in [0.5, 0.6) is 0 Å². The highest BCUT2D eigenvalue weighted by Crippen LogP contribution is 2.26. The third kappa shape index (κ3) is 4.24. The predicted molar refractivity (Wildman–Crippen MR) is 91.0 cm³/mol. The zero-order valence-corrected chi connectivity index (χ0v) is 14.5. The Morgan fingerprint density at radius 1 is 1.28 bits per heavy atom. The number of aryl methyl sites for hydroxylation is 2. The van der Waals surface area contributed by atoms with Gasteiger partial charge in [0.15, 0.2) is 5.65 Å². The third-order valence-electron chi connectivity index (χ3n) is 4.52. The van der Waals surface area contributed by atoms with Gasteiger partial charge in [0.1, 0.15) is 5.82 Å². The van der Waals surface area contributed by atoms with E-state index in [4.69, 9.17) is 0 Å². The molecule has 0 unspecified atom stereocenters. The van der Waals surface area contributed by atoms with Gasteiger partial charge in [-0.1, -0.05) is 0 Å². The lowest BCUT2D eigenvalue weighted by atomic mass is 9.93. The van der Waals surface area contributed by atoms with Gasteiger partial charge in [0.25, 0.3) is 6.43 Å². The zero-order chi connectivity index (χ0) is 18.0. The zero-order valence-electron chi connectivity index (χ0n) is 14.5. The van der Waals surface area contributed by atoms with Gasteiger partial charge in [0.05, 0.1) is 12.2 Å². The van der Waals surface area contributed by atoms with Crippen molar-refractivity contribution in [2.24, 2.45) is 5.92 Å². The van der Waals surface area contributed by atoms with Gasteiger partial charge in [-0.2, -0.15) is 9.61 Å². The van der Waals surface area contributed by atoms with E-state index in [1.807, 2.05) is 30.5 Å². The number of hydrogen-bond donors (Lipinski definition) is 1. The largest absolute Gasteiger partial charge is 0.356 e. The molecule has 1 N–H and O–H groups in total.